The van der Waals surface area contributed by atoms with Crippen molar-refractivity contribution >= 4 is 11.8 Å². The van der Waals surface area contributed by atoms with Crippen molar-refractivity contribution in [2.75, 3.05) is 0 Å². The van der Waals surface area contributed by atoms with Crippen LogP contribution in [0.1, 0.15) is 61.2 Å². The van der Waals surface area contributed by atoms with Crippen LogP contribution in [-0.4, -0.2) is 38.6 Å². The summed E-state index contributed by atoms with van der Waals surface area (Å²) in [6, 6.07) is 3.02. The van der Waals surface area contributed by atoms with Gasteiger partial charge in [-0.25, -0.2) is 4.98 Å². The number of amides is 2. The fourth-order valence-corrected chi connectivity index (χ4v) is 2.13. The first-order chi connectivity index (χ1) is 12.1. The number of carbonyl (C=O) groups is 2. The molecule has 2 heterocycles. The molecule has 2 rings (SSSR count). The van der Waals surface area contributed by atoms with Gasteiger partial charge in [0.25, 0.3) is 11.8 Å². The third kappa shape index (κ3) is 5.87. The van der Waals surface area contributed by atoms with E-state index in [1.807, 2.05) is 34.6 Å². The molecule has 2 amide bonds. The lowest BCUT2D eigenvalue weighted by Crippen LogP contribution is -2.32. The average Bonchev–Trinajstić information content (AvgIpc) is 3.03. The third-order valence-electron chi connectivity index (χ3n) is 3.12. The van der Waals surface area contributed by atoms with Crippen LogP contribution in [0.25, 0.3) is 0 Å². The maximum Gasteiger partial charge on any atom is 0.270 e. The van der Waals surface area contributed by atoms with Crippen molar-refractivity contribution in [1.82, 2.24) is 25.8 Å². The summed E-state index contributed by atoms with van der Waals surface area (Å²) in [6.07, 6.45) is 3.31. The summed E-state index contributed by atoms with van der Waals surface area (Å²) in [5.74, 6) is -0.345. The number of carbonyl (C=O) groups excluding carboxylic acids is 2. The second-order valence-corrected chi connectivity index (χ2v) is 7.21. The molecule has 0 aliphatic heterocycles. The van der Waals surface area contributed by atoms with Crippen LogP contribution in [0.2, 0.25) is 0 Å². The molecule has 140 valence electrons. The number of pyridine rings is 1. The van der Waals surface area contributed by atoms with Gasteiger partial charge in [-0.05, 0) is 34.6 Å². The molecule has 8 heteroatoms. The molecule has 8 nitrogen and oxygen atoms in total. The van der Waals surface area contributed by atoms with Gasteiger partial charge in [0.2, 0.25) is 0 Å². The maximum atomic E-state index is 12.5. The first-order valence-corrected chi connectivity index (χ1v) is 8.42. The Hall–Kier alpha value is -2.90. The Kier molecular flexibility index (Phi) is 5.97. The normalized spacial score (nSPS) is 11.3. The Morgan fingerprint density at radius 2 is 1.85 bits per heavy atom. The highest BCUT2D eigenvalue weighted by molar-refractivity contribution is 5.97. The van der Waals surface area contributed by atoms with Gasteiger partial charge in [0, 0.05) is 36.5 Å². The number of hydrogen-bond acceptors (Lipinski definition) is 5. The molecular weight excluding hydrogens is 334 g/mol. The average molecular weight is 359 g/mol. The van der Waals surface area contributed by atoms with Gasteiger partial charge in [-0.3, -0.25) is 14.7 Å². The van der Waals surface area contributed by atoms with Gasteiger partial charge in [0.05, 0.1) is 6.20 Å². The predicted octanol–water partition coefficient (Wildman–Crippen LogP) is 2.05. The Morgan fingerprint density at radius 3 is 2.38 bits per heavy atom. The molecular formula is C18H25N5O3. The number of H-pyrrole nitrogens is 1. The van der Waals surface area contributed by atoms with E-state index in [-0.39, 0.29) is 23.3 Å². The Bertz CT molecular complexity index is 764. The number of hydrogen-bond donors (Lipinski definition) is 3. The number of nitrogens with one attached hydrogen (secondary N) is 3. The minimum Gasteiger partial charge on any atom is -0.488 e. The van der Waals surface area contributed by atoms with Crippen molar-refractivity contribution in [3.05, 3.63) is 41.5 Å². The van der Waals surface area contributed by atoms with Gasteiger partial charge in [-0.2, -0.15) is 5.10 Å². The monoisotopic (exact) mass is 359 g/mol. The van der Waals surface area contributed by atoms with Gasteiger partial charge in [-0.15, -0.1) is 0 Å². The van der Waals surface area contributed by atoms with E-state index in [0.29, 0.717) is 12.3 Å². The van der Waals surface area contributed by atoms with Gasteiger partial charge in [0.1, 0.15) is 22.7 Å². The second-order valence-electron chi connectivity index (χ2n) is 7.21. The van der Waals surface area contributed by atoms with E-state index in [1.54, 1.807) is 12.4 Å². The number of ether oxygens (including phenoxy) is 1. The van der Waals surface area contributed by atoms with E-state index in [4.69, 9.17) is 4.74 Å². The van der Waals surface area contributed by atoms with Crippen molar-refractivity contribution in [2.24, 2.45) is 0 Å². The zero-order valence-electron chi connectivity index (χ0n) is 15.7. The largest absolute Gasteiger partial charge is 0.488 e. The molecule has 2 aromatic rings. The Morgan fingerprint density at radius 1 is 1.19 bits per heavy atom. The summed E-state index contributed by atoms with van der Waals surface area (Å²) >= 11 is 0. The van der Waals surface area contributed by atoms with E-state index < -0.39 is 11.5 Å². The van der Waals surface area contributed by atoms with Crippen LogP contribution in [0.3, 0.4) is 0 Å². The van der Waals surface area contributed by atoms with Crippen LogP contribution >= 0.6 is 0 Å². The molecule has 0 unspecified atom stereocenters. The zero-order valence-corrected chi connectivity index (χ0v) is 15.7. The highest BCUT2D eigenvalue weighted by Crippen LogP contribution is 2.20. The molecule has 0 bridgehead atoms. The van der Waals surface area contributed by atoms with Crippen LogP contribution in [0.5, 0.6) is 5.75 Å². The first kappa shape index (κ1) is 19.4. The fourth-order valence-electron chi connectivity index (χ4n) is 2.13. The van der Waals surface area contributed by atoms with Crippen LogP contribution in [0, 0.1) is 0 Å². The van der Waals surface area contributed by atoms with Crippen LogP contribution in [-0.2, 0) is 6.54 Å². The lowest BCUT2D eigenvalue weighted by Gasteiger charge is -2.22. The van der Waals surface area contributed by atoms with E-state index in [9.17, 15) is 9.59 Å². The lowest BCUT2D eigenvalue weighted by atomic mass is 10.2. The molecule has 0 atom stereocenters. The molecule has 0 aliphatic rings. The Labute approximate surface area is 152 Å². The summed E-state index contributed by atoms with van der Waals surface area (Å²) in [5.41, 5.74) is 0.605. The lowest BCUT2D eigenvalue weighted by molar-refractivity contribution is 0.0930. The van der Waals surface area contributed by atoms with E-state index in [0.717, 1.165) is 5.56 Å². The molecule has 0 fully saturated rings. The Balaban J connectivity index is 2.25. The van der Waals surface area contributed by atoms with Crippen molar-refractivity contribution < 1.29 is 14.3 Å². The minimum absolute atomic E-state index is 0.0464. The van der Waals surface area contributed by atoms with Crippen molar-refractivity contribution in [3.63, 3.8) is 0 Å². The number of aromatic nitrogens is 3. The van der Waals surface area contributed by atoms with E-state index >= 15 is 0 Å². The summed E-state index contributed by atoms with van der Waals surface area (Å²) in [5, 5.41) is 12.0. The van der Waals surface area contributed by atoms with E-state index in [2.05, 4.69) is 25.8 Å². The molecule has 0 spiro atoms. The summed E-state index contributed by atoms with van der Waals surface area (Å²) in [4.78, 5) is 29.0. The molecule has 0 aliphatic carbocycles. The van der Waals surface area contributed by atoms with Gasteiger partial charge in [0.15, 0.2) is 0 Å². The zero-order chi connectivity index (χ0) is 19.3. The third-order valence-corrected chi connectivity index (χ3v) is 3.12. The van der Waals surface area contributed by atoms with Crippen molar-refractivity contribution in [1.29, 1.82) is 0 Å². The summed E-state index contributed by atoms with van der Waals surface area (Å²) in [7, 11) is 0. The molecule has 0 saturated carbocycles. The first-order valence-electron chi connectivity index (χ1n) is 8.42. The summed E-state index contributed by atoms with van der Waals surface area (Å²) < 4.78 is 5.82. The quantitative estimate of drug-likeness (QED) is 0.731. The highest BCUT2D eigenvalue weighted by Gasteiger charge is 2.19. The van der Waals surface area contributed by atoms with Gasteiger partial charge in [-0.1, -0.05) is 0 Å². The molecule has 2 aromatic heterocycles. The molecule has 0 radical (unpaired) electrons. The number of nitrogens with zero attached hydrogens (tertiary/aromatic N) is 2. The predicted molar refractivity (Wildman–Crippen MR) is 97.0 cm³/mol. The second kappa shape index (κ2) is 7.99. The molecule has 3 N–H and O–H groups in total. The molecule has 0 aromatic carbocycles. The van der Waals surface area contributed by atoms with E-state index in [1.165, 1.54) is 12.1 Å². The minimum atomic E-state index is -0.475. The van der Waals surface area contributed by atoms with Gasteiger partial charge >= 0.3 is 0 Å². The maximum absolute atomic E-state index is 12.5. The smallest absolute Gasteiger partial charge is 0.270 e. The van der Waals surface area contributed by atoms with Crippen molar-refractivity contribution in [3.8, 4) is 5.75 Å². The molecule has 26 heavy (non-hydrogen) atoms. The van der Waals surface area contributed by atoms with Crippen LogP contribution < -0.4 is 15.4 Å². The summed E-state index contributed by atoms with van der Waals surface area (Å²) in [6.45, 7) is 9.67. The van der Waals surface area contributed by atoms with Gasteiger partial charge < -0.3 is 15.4 Å². The SMILES string of the molecule is CC(C)NC(=O)c1cc(OC(C)(C)C)cc(C(=O)NCc2cn[nH]c2)n1. The van der Waals surface area contributed by atoms with Crippen LogP contribution in [0.4, 0.5) is 0 Å². The fraction of sp³-hybridized carbons (Fsp3) is 0.444. The number of aromatic amines is 1. The highest BCUT2D eigenvalue weighted by atomic mass is 16.5. The number of rotatable bonds is 6. The standard InChI is InChI=1S/C18H25N5O3/c1-11(2)22-17(25)15-7-13(26-18(3,4)5)6-14(23-15)16(24)19-8-12-9-20-21-10-12/h6-7,9-11H,8H2,1-5H3,(H,19,24)(H,20,21)(H,22,25). The van der Waals surface area contributed by atoms with Crippen LogP contribution in [0.15, 0.2) is 24.5 Å². The topological polar surface area (TPSA) is 109 Å². The van der Waals surface area contributed by atoms with Crippen molar-refractivity contribution in [2.45, 2.75) is 52.8 Å². The molecule has 0 saturated heterocycles.